The van der Waals surface area contributed by atoms with Crippen LogP contribution in [0.2, 0.25) is 0 Å². The lowest BCUT2D eigenvalue weighted by molar-refractivity contribution is -0.161. The van der Waals surface area contributed by atoms with Crippen LogP contribution in [0.4, 0.5) is 0 Å². The number of carbonyl (C=O) groups excluding carboxylic acids is 4. The topological polar surface area (TPSA) is 237 Å². The Morgan fingerprint density at radius 1 is 0.270 bits per heavy atom. The fourth-order valence-corrected chi connectivity index (χ4v) is 14.1. The highest BCUT2D eigenvalue weighted by Crippen LogP contribution is 2.45. The summed E-state index contributed by atoms with van der Waals surface area (Å²) in [5.74, 6) is 0.0967. The number of hydrogen-bond donors (Lipinski definition) is 3. The van der Waals surface area contributed by atoms with Gasteiger partial charge in [0, 0.05) is 25.7 Å². The molecule has 0 aromatic carbocycles. The Bertz CT molecular complexity index is 1940. The molecule has 0 bridgehead atoms. The van der Waals surface area contributed by atoms with Gasteiger partial charge in [-0.3, -0.25) is 37.3 Å². The molecule has 0 aromatic heterocycles. The van der Waals surface area contributed by atoms with Gasteiger partial charge in [0.1, 0.15) is 19.3 Å². The van der Waals surface area contributed by atoms with Crippen molar-refractivity contribution >= 4 is 39.5 Å². The lowest BCUT2D eigenvalue weighted by atomic mass is 10.0. The smallest absolute Gasteiger partial charge is 0.462 e. The lowest BCUT2D eigenvalue weighted by Gasteiger charge is -2.21. The molecule has 0 aliphatic heterocycles. The summed E-state index contributed by atoms with van der Waals surface area (Å²) in [6.07, 6.45) is 60.1. The van der Waals surface area contributed by atoms with Crippen LogP contribution < -0.4 is 0 Å². The third-order valence-electron chi connectivity index (χ3n) is 18.9. The molecule has 0 amide bonds. The SMILES string of the molecule is CCCCCCCCCCCCCCCCCCCCCCCC(=O)O[C@H](COC(=O)CCCCCCCCCCCCCCCCCCC(C)C)COP(=O)(O)OC[C@@H](O)COP(=O)(O)OC[C@@H](COC(=O)CCCCCCCCCC(C)C)OC(=O)CCCCCCCCCC(C)C. The van der Waals surface area contributed by atoms with E-state index in [0.717, 1.165) is 102 Å². The van der Waals surface area contributed by atoms with Crippen LogP contribution in [-0.4, -0.2) is 96.7 Å². The molecule has 0 saturated heterocycles. The lowest BCUT2D eigenvalue weighted by Crippen LogP contribution is -2.30. The second-order valence-electron chi connectivity index (χ2n) is 30.6. The van der Waals surface area contributed by atoms with Gasteiger partial charge in [0.25, 0.3) is 0 Å². The van der Waals surface area contributed by atoms with Crippen molar-refractivity contribution in [1.29, 1.82) is 0 Å². The number of esters is 4. The predicted octanol–water partition coefficient (Wildman–Crippen LogP) is 24.1. The molecule has 0 heterocycles. The van der Waals surface area contributed by atoms with Crippen LogP contribution >= 0.6 is 15.6 Å². The molecule has 17 nitrogen and oxygen atoms in total. The number of aliphatic hydroxyl groups is 1. The van der Waals surface area contributed by atoms with Crippen molar-refractivity contribution in [3.8, 4) is 0 Å². The number of aliphatic hydroxyl groups excluding tert-OH is 1. The molecule has 0 aromatic rings. The Hall–Kier alpha value is -1.94. The van der Waals surface area contributed by atoms with Gasteiger partial charge in [-0.15, -0.1) is 0 Å². The number of unbranched alkanes of at least 4 members (excludes halogenated alkanes) is 47. The highest BCUT2D eigenvalue weighted by Gasteiger charge is 2.30. The van der Waals surface area contributed by atoms with Crippen molar-refractivity contribution < 1.29 is 80.2 Å². The zero-order chi connectivity index (χ0) is 73.7. The van der Waals surface area contributed by atoms with Gasteiger partial charge in [0.15, 0.2) is 12.2 Å². The Kier molecular flexibility index (Phi) is 69.9. The predicted molar refractivity (Wildman–Crippen MR) is 409 cm³/mol. The molecule has 0 radical (unpaired) electrons. The van der Waals surface area contributed by atoms with Gasteiger partial charge in [0.2, 0.25) is 0 Å². The Morgan fingerprint density at radius 2 is 0.460 bits per heavy atom. The second-order valence-corrected chi connectivity index (χ2v) is 33.5. The van der Waals surface area contributed by atoms with Crippen molar-refractivity contribution in [2.24, 2.45) is 17.8 Å². The first kappa shape index (κ1) is 98.1. The minimum Gasteiger partial charge on any atom is -0.462 e. The summed E-state index contributed by atoms with van der Waals surface area (Å²) >= 11 is 0. The van der Waals surface area contributed by atoms with E-state index in [1.54, 1.807) is 0 Å². The Balaban J connectivity index is 5.19. The molecule has 0 fully saturated rings. The van der Waals surface area contributed by atoms with E-state index in [0.29, 0.717) is 37.5 Å². The molecule has 3 N–H and O–H groups in total. The molecule has 0 aliphatic rings. The van der Waals surface area contributed by atoms with E-state index in [9.17, 15) is 43.2 Å². The van der Waals surface area contributed by atoms with Crippen LogP contribution in [0.5, 0.6) is 0 Å². The molecule has 0 saturated carbocycles. The first-order chi connectivity index (χ1) is 48.2. The van der Waals surface area contributed by atoms with Crippen molar-refractivity contribution in [2.45, 2.75) is 439 Å². The summed E-state index contributed by atoms with van der Waals surface area (Å²) < 4.78 is 68.6. The van der Waals surface area contributed by atoms with Crippen molar-refractivity contribution in [2.75, 3.05) is 39.6 Å². The minimum atomic E-state index is -4.96. The third kappa shape index (κ3) is 74.3. The van der Waals surface area contributed by atoms with E-state index in [4.69, 9.17) is 37.0 Å². The highest BCUT2D eigenvalue weighted by molar-refractivity contribution is 7.47. The molecular formula is C81H158O17P2. The fraction of sp³-hybridized carbons (Fsp3) is 0.951. The summed E-state index contributed by atoms with van der Waals surface area (Å²) in [7, 11) is -9.92. The molecule has 2 unspecified atom stereocenters. The summed E-state index contributed by atoms with van der Waals surface area (Å²) in [4.78, 5) is 72.9. The maximum absolute atomic E-state index is 13.1. The van der Waals surface area contributed by atoms with Gasteiger partial charge in [-0.2, -0.15) is 0 Å². The maximum atomic E-state index is 13.1. The number of rotatable bonds is 79. The average Bonchev–Trinajstić information content (AvgIpc) is 0.913. The molecule has 0 rings (SSSR count). The second kappa shape index (κ2) is 71.3. The molecule has 100 heavy (non-hydrogen) atoms. The normalized spacial score (nSPS) is 14.0. The molecule has 19 heteroatoms. The third-order valence-corrected chi connectivity index (χ3v) is 20.8. The maximum Gasteiger partial charge on any atom is 0.472 e. The van der Waals surface area contributed by atoms with Crippen LogP contribution in [0.15, 0.2) is 0 Å². The van der Waals surface area contributed by atoms with Crippen LogP contribution in [0, 0.1) is 17.8 Å². The monoisotopic (exact) mass is 1470 g/mol. The van der Waals surface area contributed by atoms with Crippen LogP contribution in [0.3, 0.4) is 0 Å². The highest BCUT2D eigenvalue weighted by atomic mass is 31.2. The quantitative estimate of drug-likeness (QED) is 0.0222. The molecule has 594 valence electrons. The zero-order valence-corrected chi connectivity index (χ0v) is 67.5. The average molecular weight is 1470 g/mol. The number of carbonyl (C=O) groups is 4. The van der Waals surface area contributed by atoms with Crippen molar-refractivity contribution in [3.63, 3.8) is 0 Å². The summed E-state index contributed by atoms with van der Waals surface area (Å²) in [5, 5.41) is 10.6. The number of ether oxygens (including phenoxy) is 4. The number of hydrogen-bond acceptors (Lipinski definition) is 15. The molecule has 0 aliphatic carbocycles. The van der Waals surface area contributed by atoms with Gasteiger partial charge < -0.3 is 33.8 Å². The molecule has 5 atom stereocenters. The van der Waals surface area contributed by atoms with Crippen LogP contribution in [0.25, 0.3) is 0 Å². The van der Waals surface area contributed by atoms with E-state index in [1.807, 2.05) is 0 Å². The van der Waals surface area contributed by atoms with E-state index in [-0.39, 0.29) is 25.7 Å². The summed E-state index contributed by atoms with van der Waals surface area (Å²) in [6, 6.07) is 0. The number of phosphoric ester groups is 2. The Morgan fingerprint density at radius 3 is 0.680 bits per heavy atom. The number of phosphoric acid groups is 2. The van der Waals surface area contributed by atoms with E-state index >= 15 is 0 Å². The van der Waals surface area contributed by atoms with Gasteiger partial charge in [-0.25, -0.2) is 9.13 Å². The van der Waals surface area contributed by atoms with Gasteiger partial charge in [-0.05, 0) is 43.4 Å². The standard InChI is InChI=1S/C81H158O17P2/c1-8-9-10-11-12-13-14-15-16-17-18-19-20-21-26-29-32-35-42-50-57-64-80(85)97-76(68-91-78(83)62-55-48-41-34-31-28-25-23-22-24-27-30-33-38-45-52-59-72(2)3)70-95-99(87,88)93-66-75(82)67-94-100(89,90)96-71-77(98-81(86)65-58-51-44-37-40-47-54-61-74(6)7)69-92-79(84)63-56-49-43-36-39-46-53-60-73(4)5/h72-77,82H,8-71H2,1-7H3,(H,87,88)(H,89,90)/t75-,76-,77-/m1/s1. The van der Waals surface area contributed by atoms with Crippen molar-refractivity contribution in [1.82, 2.24) is 0 Å². The van der Waals surface area contributed by atoms with Crippen molar-refractivity contribution in [3.05, 3.63) is 0 Å². The van der Waals surface area contributed by atoms with Gasteiger partial charge >= 0.3 is 39.5 Å². The van der Waals surface area contributed by atoms with Gasteiger partial charge in [-0.1, -0.05) is 370 Å². The van der Waals surface area contributed by atoms with Crippen LogP contribution in [-0.2, 0) is 65.4 Å². The van der Waals surface area contributed by atoms with Gasteiger partial charge in [0.05, 0.1) is 26.4 Å². The molecule has 0 spiro atoms. The summed E-state index contributed by atoms with van der Waals surface area (Å²) in [5.41, 5.74) is 0. The van der Waals surface area contributed by atoms with E-state index in [1.165, 1.54) is 225 Å². The van der Waals surface area contributed by atoms with E-state index in [2.05, 4.69) is 48.5 Å². The first-order valence-electron chi connectivity index (χ1n) is 41.8. The minimum absolute atomic E-state index is 0.103. The fourth-order valence-electron chi connectivity index (χ4n) is 12.5. The largest absolute Gasteiger partial charge is 0.472 e. The zero-order valence-electron chi connectivity index (χ0n) is 65.7. The Labute approximate surface area is 613 Å². The van der Waals surface area contributed by atoms with E-state index < -0.39 is 97.5 Å². The molecular weight excluding hydrogens is 1310 g/mol. The summed E-state index contributed by atoms with van der Waals surface area (Å²) in [6.45, 7) is 11.8. The van der Waals surface area contributed by atoms with Crippen LogP contribution in [0.1, 0.15) is 421 Å². The first-order valence-corrected chi connectivity index (χ1v) is 44.8.